The molecule has 0 aliphatic heterocycles. The molecule has 0 aliphatic rings. The van der Waals surface area contributed by atoms with Crippen molar-refractivity contribution >= 4 is 28.9 Å². The van der Waals surface area contributed by atoms with Crippen LogP contribution in [0.15, 0.2) is 30.3 Å². The van der Waals surface area contributed by atoms with Crippen LogP contribution in [0.5, 0.6) is 11.5 Å². The van der Waals surface area contributed by atoms with Gasteiger partial charge >= 0.3 is 11.9 Å². The van der Waals surface area contributed by atoms with E-state index in [1.54, 1.807) is 0 Å². The van der Waals surface area contributed by atoms with Crippen molar-refractivity contribution in [2.45, 2.75) is 6.18 Å². The Morgan fingerprint density at radius 1 is 1.13 bits per heavy atom. The molecule has 0 radical (unpaired) electrons. The largest absolute Gasteiger partial charge is 0.450 e. The lowest BCUT2D eigenvalue weighted by molar-refractivity contribution is -0.385. The minimum atomic E-state index is -4.87. The predicted molar refractivity (Wildman–Crippen MR) is 74.6 cm³/mol. The highest BCUT2D eigenvalue weighted by Crippen LogP contribution is 2.45. The molecule has 0 unspecified atom stereocenters. The van der Waals surface area contributed by atoms with Gasteiger partial charge in [-0.3, -0.25) is 10.1 Å². The van der Waals surface area contributed by atoms with Gasteiger partial charge in [0.2, 0.25) is 5.75 Å². The zero-order valence-corrected chi connectivity index (χ0v) is 12.3. The molecule has 0 spiro atoms. The molecule has 0 amide bonds. The summed E-state index contributed by atoms with van der Waals surface area (Å²) >= 11 is 11.1. The van der Waals surface area contributed by atoms with Crippen LogP contribution in [0.1, 0.15) is 5.56 Å². The molecule has 0 saturated heterocycles. The second-order valence-corrected chi connectivity index (χ2v) is 5.05. The van der Waals surface area contributed by atoms with E-state index in [4.69, 9.17) is 27.9 Å². The number of benzene rings is 2. The first-order chi connectivity index (χ1) is 10.6. The molecule has 2 aromatic carbocycles. The Bertz CT molecular complexity index is 760. The van der Waals surface area contributed by atoms with Gasteiger partial charge in [0.15, 0.2) is 0 Å². The number of nitro benzene ring substituents is 1. The Kier molecular flexibility index (Phi) is 4.67. The average molecular weight is 370 g/mol. The van der Waals surface area contributed by atoms with Gasteiger partial charge in [-0.15, -0.1) is 0 Å². The van der Waals surface area contributed by atoms with E-state index in [-0.39, 0.29) is 10.8 Å². The first kappa shape index (κ1) is 17.3. The molecule has 4 nitrogen and oxygen atoms in total. The SMILES string of the molecule is O=[N+]([O-])c1c(Oc2cc(F)cc(Cl)c2)ccc(C(F)(F)F)c1Cl. The number of halogens is 6. The van der Waals surface area contributed by atoms with Crippen LogP contribution in [0.2, 0.25) is 10.0 Å². The van der Waals surface area contributed by atoms with E-state index in [2.05, 4.69) is 0 Å². The average Bonchev–Trinajstić information content (AvgIpc) is 2.35. The lowest BCUT2D eigenvalue weighted by Crippen LogP contribution is -2.08. The Hall–Kier alpha value is -2.06. The third-order valence-corrected chi connectivity index (χ3v) is 3.23. The number of ether oxygens (including phenoxy) is 1. The van der Waals surface area contributed by atoms with Crippen LogP contribution >= 0.6 is 23.2 Å². The summed E-state index contributed by atoms with van der Waals surface area (Å²) in [7, 11) is 0. The third-order valence-electron chi connectivity index (χ3n) is 2.63. The number of nitro groups is 1. The normalized spacial score (nSPS) is 11.4. The topological polar surface area (TPSA) is 52.4 Å². The zero-order chi connectivity index (χ0) is 17.4. The van der Waals surface area contributed by atoms with Gasteiger partial charge < -0.3 is 4.74 Å². The van der Waals surface area contributed by atoms with Gasteiger partial charge in [-0.25, -0.2) is 4.39 Å². The van der Waals surface area contributed by atoms with E-state index in [0.29, 0.717) is 6.07 Å². The van der Waals surface area contributed by atoms with E-state index >= 15 is 0 Å². The van der Waals surface area contributed by atoms with Crippen LogP contribution in [0.25, 0.3) is 0 Å². The van der Waals surface area contributed by atoms with Crippen LogP contribution in [0.4, 0.5) is 23.2 Å². The number of alkyl halides is 3. The fourth-order valence-electron chi connectivity index (χ4n) is 1.73. The Morgan fingerprint density at radius 2 is 1.78 bits per heavy atom. The van der Waals surface area contributed by atoms with Crippen LogP contribution in [-0.2, 0) is 6.18 Å². The van der Waals surface area contributed by atoms with Crippen molar-refractivity contribution in [2.75, 3.05) is 0 Å². The van der Waals surface area contributed by atoms with Crippen molar-refractivity contribution in [3.05, 3.63) is 61.9 Å². The Morgan fingerprint density at radius 3 is 2.30 bits per heavy atom. The third kappa shape index (κ3) is 3.83. The Balaban J connectivity index is 2.55. The molecule has 122 valence electrons. The van der Waals surface area contributed by atoms with Crippen LogP contribution in [0.3, 0.4) is 0 Å². The highest BCUT2D eigenvalue weighted by Gasteiger charge is 2.38. The standard InChI is InChI=1S/C13H5Cl2F4NO3/c14-6-3-7(16)5-8(4-6)23-10-2-1-9(13(17,18)19)11(15)12(10)20(21)22/h1-5H. The summed E-state index contributed by atoms with van der Waals surface area (Å²) in [6.45, 7) is 0. The molecular formula is C13H5Cl2F4NO3. The van der Waals surface area contributed by atoms with Gasteiger partial charge in [0.1, 0.15) is 16.6 Å². The number of hydrogen-bond donors (Lipinski definition) is 0. The number of nitrogens with zero attached hydrogens (tertiary/aromatic N) is 1. The Labute approximate surface area is 136 Å². The van der Waals surface area contributed by atoms with E-state index in [1.807, 2.05) is 0 Å². The molecule has 10 heteroatoms. The molecule has 0 fully saturated rings. The van der Waals surface area contributed by atoms with Crippen LogP contribution < -0.4 is 4.74 Å². The molecule has 0 aromatic heterocycles. The fourth-order valence-corrected chi connectivity index (χ4v) is 2.28. The first-order valence-corrected chi connectivity index (χ1v) is 6.53. The molecule has 0 bridgehead atoms. The van der Waals surface area contributed by atoms with Crippen molar-refractivity contribution < 1.29 is 27.2 Å². The molecule has 2 rings (SSSR count). The maximum absolute atomic E-state index is 13.2. The van der Waals surface area contributed by atoms with E-state index in [1.165, 1.54) is 0 Å². The van der Waals surface area contributed by atoms with Crippen molar-refractivity contribution in [1.82, 2.24) is 0 Å². The minimum absolute atomic E-state index is 0.0549. The van der Waals surface area contributed by atoms with Gasteiger partial charge in [0.05, 0.1) is 10.5 Å². The van der Waals surface area contributed by atoms with Gasteiger partial charge in [0.25, 0.3) is 0 Å². The molecule has 0 aliphatic carbocycles. The zero-order valence-electron chi connectivity index (χ0n) is 10.8. The molecule has 2 aromatic rings. The summed E-state index contributed by atoms with van der Waals surface area (Å²) in [6, 6.07) is 4.22. The number of hydrogen-bond acceptors (Lipinski definition) is 3. The molecule has 0 heterocycles. The van der Waals surface area contributed by atoms with Crippen molar-refractivity contribution in [3.8, 4) is 11.5 Å². The lowest BCUT2D eigenvalue weighted by atomic mass is 10.1. The van der Waals surface area contributed by atoms with Crippen molar-refractivity contribution in [1.29, 1.82) is 0 Å². The lowest BCUT2D eigenvalue weighted by Gasteiger charge is -2.12. The maximum Gasteiger partial charge on any atom is 0.418 e. The van der Waals surface area contributed by atoms with Crippen molar-refractivity contribution in [2.24, 2.45) is 0 Å². The number of rotatable bonds is 3. The second kappa shape index (κ2) is 6.21. The summed E-state index contributed by atoms with van der Waals surface area (Å²) in [5.74, 6) is -1.59. The predicted octanol–water partition coefficient (Wildman–Crippen LogP) is 5.85. The highest BCUT2D eigenvalue weighted by molar-refractivity contribution is 6.33. The van der Waals surface area contributed by atoms with E-state index in [0.717, 1.165) is 24.3 Å². The van der Waals surface area contributed by atoms with Crippen LogP contribution in [0, 0.1) is 15.9 Å². The van der Waals surface area contributed by atoms with Crippen molar-refractivity contribution in [3.63, 3.8) is 0 Å². The fraction of sp³-hybridized carbons (Fsp3) is 0.0769. The summed E-state index contributed by atoms with van der Waals surface area (Å²) < 4.78 is 56.5. The summed E-state index contributed by atoms with van der Waals surface area (Å²) in [6.07, 6.45) is -4.87. The molecule has 0 saturated carbocycles. The second-order valence-electron chi connectivity index (χ2n) is 4.24. The summed E-state index contributed by atoms with van der Waals surface area (Å²) in [5.41, 5.74) is -2.46. The minimum Gasteiger partial charge on any atom is -0.450 e. The molecule has 0 atom stereocenters. The maximum atomic E-state index is 13.2. The van der Waals surface area contributed by atoms with Gasteiger partial charge in [-0.1, -0.05) is 23.2 Å². The van der Waals surface area contributed by atoms with Crippen LogP contribution in [-0.4, -0.2) is 4.92 Å². The molecular weight excluding hydrogens is 365 g/mol. The van der Waals surface area contributed by atoms with Gasteiger partial charge in [-0.2, -0.15) is 13.2 Å². The molecule has 0 N–H and O–H groups in total. The van der Waals surface area contributed by atoms with Gasteiger partial charge in [0, 0.05) is 11.1 Å². The summed E-state index contributed by atoms with van der Waals surface area (Å²) in [4.78, 5) is 9.90. The highest BCUT2D eigenvalue weighted by atomic mass is 35.5. The van der Waals surface area contributed by atoms with E-state index in [9.17, 15) is 27.7 Å². The first-order valence-electron chi connectivity index (χ1n) is 5.77. The van der Waals surface area contributed by atoms with Gasteiger partial charge in [-0.05, 0) is 24.3 Å². The quantitative estimate of drug-likeness (QED) is 0.387. The summed E-state index contributed by atoms with van der Waals surface area (Å²) in [5, 5.41) is 9.84. The smallest absolute Gasteiger partial charge is 0.418 e. The molecule has 23 heavy (non-hydrogen) atoms. The monoisotopic (exact) mass is 369 g/mol. The van der Waals surface area contributed by atoms with E-state index < -0.39 is 38.9 Å².